The molecule has 0 aliphatic rings. The minimum atomic E-state index is -0.864. The summed E-state index contributed by atoms with van der Waals surface area (Å²) < 4.78 is 0. The van der Waals surface area contributed by atoms with Crippen LogP contribution in [0.2, 0.25) is 10.0 Å². The van der Waals surface area contributed by atoms with Gasteiger partial charge in [0.05, 0.1) is 5.92 Å². The molecule has 0 saturated heterocycles. The molecule has 0 spiro atoms. The molecule has 0 aliphatic carbocycles. The monoisotopic (exact) mass is 232 g/mol. The predicted octanol–water partition coefficient (Wildman–Crippen LogP) is 3.57. The van der Waals surface area contributed by atoms with E-state index in [1.165, 1.54) is 0 Å². The summed E-state index contributed by atoms with van der Waals surface area (Å²) in [5.41, 5.74) is 0.617. The predicted molar refractivity (Wildman–Crippen MR) is 57.1 cm³/mol. The van der Waals surface area contributed by atoms with Crippen molar-refractivity contribution in [3.63, 3.8) is 0 Å². The first kappa shape index (κ1) is 11.3. The number of halogens is 2. The van der Waals surface area contributed by atoms with Gasteiger partial charge in [-0.2, -0.15) is 0 Å². The second kappa shape index (κ2) is 4.67. The van der Waals surface area contributed by atoms with E-state index in [0.29, 0.717) is 22.0 Å². The molecule has 2 nitrogen and oxygen atoms in total. The van der Waals surface area contributed by atoms with Gasteiger partial charge in [-0.3, -0.25) is 4.79 Å². The van der Waals surface area contributed by atoms with Crippen LogP contribution in [0.5, 0.6) is 0 Å². The third-order valence-corrected chi connectivity index (χ3v) is 2.61. The van der Waals surface area contributed by atoms with Crippen LogP contribution < -0.4 is 0 Å². The fourth-order valence-corrected chi connectivity index (χ4v) is 1.85. The van der Waals surface area contributed by atoms with Gasteiger partial charge in [0.1, 0.15) is 0 Å². The Hall–Kier alpha value is -0.730. The summed E-state index contributed by atoms with van der Waals surface area (Å²) in [6.07, 6.45) is 0.511. The molecular weight excluding hydrogens is 223 g/mol. The van der Waals surface area contributed by atoms with Gasteiger partial charge in [-0.15, -0.1) is 0 Å². The van der Waals surface area contributed by atoms with Crippen molar-refractivity contribution in [1.82, 2.24) is 0 Å². The Morgan fingerprint density at radius 1 is 1.50 bits per heavy atom. The largest absolute Gasteiger partial charge is 0.481 e. The summed E-state index contributed by atoms with van der Waals surface area (Å²) in [6.45, 7) is 1.81. The molecule has 0 amide bonds. The third kappa shape index (κ3) is 2.40. The molecule has 1 N–H and O–H groups in total. The lowest BCUT2D eigenvalue weighted by Gasteiger charge is -2.11. The minimum absolute atomic E-state index is 0.409. The highest BCUT2D eigenvalue weighted by atomic mass is 35.5. The summed E-state index contributed by atoms with van der Waals surface area (Å²) >= 11 is 11.6. The maximum absolute atomic E-state index is 10.9. The van der Waals surface area contributed by atoms with Crippen LogP contribution in [0.15, 0.2) is 18.2 Å². The Labute approximate surface area is 92.5 Å². The van der Waals surface area contributed by atoms with Gasteiger partial charge < -0.3 is 5.11 Å². The number of aliphatic carboxylic acids is 1. The van der Waals surface area contributed by atoms with Crippen LogP contribution in [-0.4, -0.2) is 11.1 Å². The van der Waals surface area contributed by atoms with E-state index in [2.05, 4.69) is 0 Å². The van der Waals surface area contributed by atoms with Gasteiger partial charge in [-0.05, 0) is 24.1 Å². The molecule has 1 rings (SSSR count). The number of hydrogen-bond acceptors (Lipinski definition) is 1. The third-order valence-electron chi connectivity index (χ3n) is 2.04. The summed E-state index contributed by atoms with van der Waals surface area (Å²) in [6, 6.07) is 4.87. The van der Waals surface area contributed by atoms with Crippen molar-refractivity contribution in [2.24, 2.45) is 0 Å². The molecule has 14 heavy (non-hydrogen) atoms. The smallest absolute Gasteiger partial charge is 0.311 e. The van der Waals surface area contributed by atoms with Crippen LogP contribution in [0.3, 0.4) is 0 Å². The molecule has 0 aromatic heterocycles. The van der Waals surface area contributed by atoms with Crippen molar-refractivity contribution in [2.75, 3.05) is 0 Å². The van der Waals surface area contributed by atoms with Crippen LogP contribution in [0, 0.1) is 0 Å². The first-order valence-electron chi connectivity index (χ1n) is 4.24. The zero-order valence-corrected chi connectivity index (χ0v) is 9.14. The van der Waals surface area contributed by atoms with E-state index >= 15 is 0 Å². The number of rotatable bonds is 3. The van der Waals surface area contributed by atoms with E-state index in [1.54, 1.807) is 18.2 Å². The molecule has 0 bridgehead atoms. The van der Waals surface area contributed by atoms with Crippen LogP contribution in [0.4, 0.5) is 0 Å². The van der Waals surface area contributed by atoms with Gasteiger partial charge in [0.15, 0.2) is 0 Å². The highest BCUT2D eigenvalue weighted by Gasteiger charge is 2.19. The maximum Gasteiger partial charge on any atom is 0.311 e. The molecule has 4 heteroatoms. The Kier molecular flexibility index (Phi) is 3.78. The Bertz CT molecular complexity index is 350. The average Bonchev–Trinajstić information content (AvgIpc) is 2.09. The van der Waals surface area contributed by atoms with Crippen molar-refractivity contribution in [2.45, 2.75) is 19.3 Å². The van der Waals surface area contributed by atoms with Gasteiger partial charge in [0.25, 0.3) is 0 Å². The normalized spacial score (nSPS) is 12.5. The van der Waals surface area contributed by atoms with E-state index in [1.807, 2.05) is 6.92 Å². The second-order valence-electron chi connectivity index (χ2n) is 2.96. The number of carboxylic acid groups (broad SMARTS) is 1. The van der Waals surface area contributed by atoms with E-state index in [0.717, 1.165) is 0 Å². The summed E-state index contributed by atoms with van der Waals surface area (Å²) in [4.78, 5) is 10.9. The first-order valence-corrected chi connectivity index (χ1v) is 4.99. The molecule has 1 atom stereocenters. The molecule has 0 saturated carbocycles. The molecule has 1 aromatic carbocycles. The molecule has 0 radical (unpaired) electrons. The van der Waals surface area contributed by atoms with E-state index in [4.69, 9.17) is 28.3 Å². The minimum Gasteiger partial charge on any atom is -0.481 e. The van der Waals surface area contributed by atoms with Gasteiger partial charge >= 0.3 is 5.97 Å². The number of hydrogen-bond donors (Lipinski definition) is 1. The fourth-order valence-electron chi connectivity index (χ4n) is 1.31. The number of carboxylic acids is 1. The summed E-state index contributed by atoms with van der Waals surface area (Å²) in [7, 11) is 0. The Morgan fingerprint density at radius 3 is 2.57 bits per heavy atom. The Balaban J connectivity index is 3.10. The maximum atomic E-state index is 10.9. The average molecular weight is 233 g/mol. The van der Waals surface area contributed by atoms with Gasteiger partial charge in [0, 0.05) is 10.0 Å². The quantitative estimate of drug-likeness (QED) is 0.866. The second-order valence-corrected chi connectivity index (χ2v) is 3.81. The lowest BCUT2D eigenvalue weighted by Crippen LogP contribution is -2.10. The molecule has 0 aliphatic heterocycles. The Morgan fingerprint density at radius 2 is 2.14 bits per heavy atom. The molecule has 0 fully saturated rings. The standard InChI is InChI=1S/C10H10Cl2O2/c1-2-7(10(13)14)8-4-3-6(11)5-9(8)12/h3-5,7H,2H2,1H3,(H,13,14)/t7-/m0/s1. The highest BCUT2D eigenvalue weighted by molar-refractivity contribution is 6.35. The molecule has 1 aromatic rings. The lowest BCUT2D eigenvalue weighted by molar-refractivity contribution is -0.138. The van der Waals surface area contributed by atoms with Gasteiger partial charge in [-0.25, -0.2) is 0 Å². The van der Waals surface area contributed by atoms with Crippen LogP contribution >= 0.6 is 23.2 Å². The number of carbonyl (C=O) groups is 1. The van der Waals surface area contributed by atoms with Crippen molar-refractivity contribution in [3.05, 3.63) is 33.8 Å². The van der Waals surface area contributed by atoms with Crippen molar-refractivity contribution in [3.8, 4) is 0 Å². The van der Waals surface area contributed by atoms with E-state index in [9.17, 15) is 4.79 Å². The van der Waals surface area contributed by atoms with Crippen molar-refractivity contribution >= 4 is 29.2 Å². The first-order chi connectivity index (χ1) is 6.56. The number of benzene rings is 1. The molecule has 0 heterocycles. The molecule has 0 unspecified atom stereocenters. The zero-order chi connectivity index (χ0) is 10.7. The SMILES string of the molecule is CC[C@H](C(=O)O)c1ccc(Cl)cc1Cl. The van der Waals surface area contributed by atoms with Gasteiger partial charge in [-0.1, -0.05) is 36.2 Å². The van der Waals surface area contributed by atoms with Crippen molar-refractivity contribution in [1.29, 1.82) is 0 Å². The fraction of sp³-hybridized carbons (Fsp3) is 0.300. The van der Waals surface area contributed by atoms with Gasteiger partial charge in [0.2, 0.25) is 0 Å². The summed E-state index contributed by atoms with van der Waals surface area (Å²) in [5.74, 6) is -1.42. The topological polar surface area (TPSA) is 37.3 Å². The molecular formula is C10H10Cl2O2. The lowest BCUT2D eigenvalue weighted by atomic mass is 9.97. The van der Waals surface area contributed by atoms with Crippen LogP contribution in [0.25, 0.3) is 0 Å². The van der Waals surface area contributed by atoms with E-state index in [-0.39, 0.29) is 0 Å². The highest BCUT2D eigenvalue weighted by Crippen LogP contribution is 2.29. The zero-order valence-electron chi connectivity index (χ0n) is 7.63. The van der Waals surface area contributed by atoms with E-state index < -0.39 is 11.9 Å². The van der Waals surface area contributed by atoms with Crippen LogP contribution in [0.1, 0.15) is 24.8 Å². The summed E-state index contributed by atoms with van der Waals surface area (Å²) in [5, 5.41) is 9.85. The molecule has 76 valence electrons. The van der Waals surface area contributed by atoms with Crippen LogP contribution in [-0.2, 0) is 4.79 Å². The van der Waals surface area contributed by atoms with Crippen molar-refractivity contribution < 1.29 is 9.90 Å².